The summed E-state index contributed by atoms with van der Waals surface area (Å²) in [6, 6.07) is -0.559. The summed E-state index contributed by atoms with van der Waals surface area (Å²) >= 11 is 0. The van der Waals surface area contributed by atoms with Gasteiger partial charge in [0, 0.05) is 13.6 Å². The zero-order valence-corrected chi connectivity index (χ0v) is 19.0. The maximum Gasteiger partial charge on any atom is 0.409 e. The smallest absolute Gasteiger partial charge is 0.409 e. The van der Waals surface area contributed by atoms with Gasteiger partial charge in [-0.25, -0.2) is 17.5 Å². The quantitative estimate of drug-likeness (QED) is 0.578. The molecule has 3 atom stereocenters. The van der Waals surface area contributed by atoms with E-state index < -0.39 is 45.8 Å². The molecular weight excluding hydrogens is 396 g/mol. The van der Waals surface area contributed by atoms with Gasteiger partial charge in [0.25, 0.3) is 0 Å². The van der Waals surface area contributed by atoms with Crippen molar-refractivity contribution in [2.75, 3.05) is 19.3 Å². The summed E-state index contributed by atoms with van der Waals surface area (Å²) < 4.78 is 32.5. The highest BCUT2D eigenvalue weighted by Gasteiger charge is 2.53. The van der Waals surface area contributed by atoms with Crippen molar-refractivity contribution in [2.24, 2.45) is 5.92 Å². The topological polar surface area (TPSA) is 107 Å². The number of hydrogen-bond donors (Lipinski definition) is 2. The molecule has 0 aromatic rings. The molecule has 0 aromatic carbocycles. The van der Waals surface area contributed by atoms with Gasteiger partial charge in [-0.1, -0.05) is 45.4 Å². The van der Waals surface area contributed by atoms with Crippen molar-refractivity contribution in [2.45, 2.75) is 96.1 Å². The second kappa shape index (κ2) is 9.94. The predicted octanol–water partition coefficient (Wildman–Crippen LogP) is 2.86. The highest BCUT2D eigenvalue weighted by molar-refractivity contribution is 7.89. The number of aliphatic hydroxyl groups excluding tert-OH is 1. The maximum absolute atomic E-state index is 12.7. The lowest BCUT2D eigenvalue weighted by Crippen LogP contribution is -2.50. The first-order valence-corrected chi connectivity index (χ1v) is 12.4. The molecular formula is C20H38N2O6S. The van der Waals surface area contributed by atoms with Crippen LogP contribution in [0.4, 0.5) is 4.79 Å². The van der Waals surface area contributed by atoms with Crippen LogP contribution in [0.5, 0.6) is 0 Å². The van der Waals surface area contributed by atoms with Gasteiger partial charge in [0.1, 0.15) is 11.8 Å². The fourth-order valence-electron chi connectivity index (χ4n) is 4.68. The molecule has 29 heavy (non-hydrogen) atoms. The molecule has 1 aliphatic carbocycles. The Morgan fingerprint density at radius 3 is 2.45 bits per heavy atom. The number of aliphatic hydroxyl groups is 1. The fraction of sp³-hybridized carbons (Fsp3) is 0.950. The predicted molar refractivity (Wildman–Crippen MR) is 111 cm³/mol. The van der Waals surface area contributed by atoms with Crippen molar-refractivity contribution in [3.8, 4) is 0 Å². The summed E-state index contributed by atoms with van der Waals surface area (Å²) in [5.41, 5.74) is -1.12. The SMILES string of the molecule is CCCCN(C)S(=O)(=O)CC(O)[C@@H]1OC(C)(C)N(C(=O)O)[C@H]1CC1CCCCC1. The second-order valence-corrected chi connectivity index (χ2v) is 11.1. The van der Waals surface area contributed by atoms with E-state index in [4.69, 9.17) is 4.74 Å². The van der Waals surface area contributed by atoms with Crippen molar-refractivity contribution < 1.29 is 28.2 Å². The van der Waals surface area contributed by atoms with Gasteiger partial charge in [0.05, 0.1) is 17.9 Å². The zero-order chi connectivity index (χ0) is 21.8. The first kappa shape index (κ1) is 24.4. The van der Waals surface area contributed by atoms with E-state index in [9.17, 15) is 23.4 Å². The number of hydrogen-bond acceptors (Lipinski definition) is 5. The molecule has 9 heteroatoms. The molecule has 1 amide bonds. The molecule has 1 heterocycles. The lowest BCUT2D eigenvalue weighted by atomic mass is 9.83. The molecule has 2 aliphatic rings. The van der Waals surface area contributed by atoms with Crippen molar-refractivity contribution in [3.63, 3.8) is 0 Å². The number of sulfonamides is 1. The minimum Gasteiger partial charge on any atom is -0.465 e. The molecule has 2 N–H and O–H groups in total. The minimum absolute atomic E-state index is 0.367. The van der Waals surface area contributed by atoms with Crippen molar-refractivity contribution >= 4 is 16.1 Å². The van der Waals surface area contributed by atoms with Crippen LogP contribution in [0, 0.1) is 5.92 Å². The molecule has 0 bridgehead atoms. The molecule has 0 radical (unpaired) electrons. The number of rotatable bonds is 9. The average molecular weight is 435 g/mol. The van der Waals surface area contributed by atoms with Gasteiger partial charge in [-0.15, -0.1) is 0 Å². The van der Waals surface area contributed by atoms with Gasteiger partial charge < -0.3 is 14.9 Å². The number of amides is 1. The van der Waals surface area contributed by atoms with E-state index in [1.165, 1.54) is 22.7 Å². The van der Waals surface area contributed by atoms with Crippen LogP contribution in [-0.4, -0.2) is 77.2 Å². The summed E-state index contributed by atoms with van der Waals surface area (Å²) in [5.74, 6) is -0.102. The van der Waals surface area contributed by atoms with Gasteiger partial charge in [-0.3, -0.25) is 4.90 Å². The molecule has 8 nitrogen and oxygen atoms in total. The minimum atomic E-state index is -3.66. The normalized spacial score (nSPS) is 26.8. The Kier molecular flexibility index (Phi) is 8.35. The zero-order valence-electron chi connectivity index (χ0n) is 18.2. The Labute approximate surface area is 175 Å². The molecule has 1 saturated heterocycles. The van der Waals surface area contributed by atoms with Gasteiger partial charge >= 0.3 is 6.09 Å². The van der Waals surface area contributed by atoms with Crippen LogP contribution in [-0.2, 0) is 14.8 Å². The van der Waals surface area contributed by atoms with E-state index in [0.717, 1.165) is 38.5 Å². The van der Waals surface area contributed by atoms with Crippen molar-refractivity contribution in [3.05, 3.63) is 0 Å². The monoisotopic (exact) mass is 434 g/mol. The number of unbranched alkanes of at least 4 members (excludes halogenated alkanes) is 1. The molecule has 1 unspecified atom stereocenters. The fourth-order valence-corrected chi connectivity index (χ4v) is 5.97. The van der Waals surface area contributed by atoms with E-state index in [0.29, 0.717) is 18.9 Å². The summed E-state index contributed by atoms with van der Waals surface area (Å²) in [6.45, 7) is 5.70. The van der Waals surface area contributed by atoms with E-state index in [1.54, 1.807) is 13.8 Å². The average Bonchev–Trinajstić information content (AvgIpc) is 2.90. The number of ether oxygens (including phenoxy) is 1. The van der Waals surface area contributed by atoms with Crippen molar-refractivity contribution in [1.82, 2.24) is 9.21 Å². The van der Waals surface area contributed by atoms with Crippen LogP contribution >= 0.6 is 0 Å². The Morgan fingerprint density at radius 1 is 1.28 bits per heavy atom. The summed E-state index contributed by atoms with van der Waals surface area (Å²) in [4.78, 5) is 13.3. The number of carbonyl (C=O) groups is 1. The molecule has 2 rings (SSSR count). The molecule has 0 spiro atoms. The Balaban J connectivity index is 2.18. The van der Waals surface area contributed by atoms with Crippen molar-refractivity contribution in [1.29, 1.82) is 0 Å². The Hall–Kier alpha value is -0.900. The number of carboxylic acid groups (broad SMARTS) is 1. The van der Waals surface area contributed by atoms with Crippen LogP contribution in [0.1, 0.15) is 72.1 Å². The van der Waals surface area contributed by atoms with E-state index in [1.807, 2.05) is 6.92 Å². The van der Waals surface area contributed by atoms with Crippen LogP contribution in [0.25, 0.3) is 0 Å². The summed E-state index contributed by atoms with van der Waals surface area (Å²) in [6.07, 6.45) is 4.46. The molecule has 170 valence electrons. The van der Waals surface area contributed by atoms with Gasteiger partial charge in [-0.05, 0) is 32.6 Å². The third-order valence-corrected chi connectivity index (χ3v) is 8.18. The van der Waals surface area contributed by atoms with E-state index >= 15 is 0 Å². The molecule has 1 saturated carbocycles. The Morgan fingerprint density at radius 2 is 1.90 bits per heavy atom. The number of nitrogens with zero attached hydrogens (tertiary/aromatic N) is 2. The second-order valence-electron chi connectivity index (χ2n) is 9.01. The van der Waals surface area contributed by atoms with E-state index in [-0.39, 0.29) is 0 Å². The van der Waals surface area contributed by atoms with E-state index in [2.05, 4.69) is 0 Å². The van der Waals surface area contributed by atoms with Crippen LogP contribution < -0.4 is 0 Å². The molecule has 2 fully saturated rings. The van der Waals surface area contributed by atoms with Crippen LogP contribution in [0.15, 0.2) is 0 Å². The molecule has 0 aromatic heterocycles. The van der Waals surface area contributed by atoms with Gasteiger partial charge in [-0.2, -0.15) is 0 Å². The van der Waals surface area contributed by atoms with Gasteiger partial charge in [0.15, 0.2) is 0 Å². The highest BCUT2D eigenvalue weighted by Crippen LogP contribution is 2.39. The van der Waals surface area contributed by atoms with Crippen LogP contribution in [0.2, 0.25) is 0 Å². The van der Waals surface area contributed by atoms with Gasteiger partial charge in [0.2, 0.25) is 10.0 Å². The largest absolute Gasteiger partial charge is 0.465 e. The maximum atomic E-state index is 12.7. The Bertz CT molecular complexity index is 647. The third kappa shape index (κ3) is 6.06. The lowest BCUT2D eigenvalue weighted by molar-refractivity contribution is -0.0933. The first-order chi connectivity index (χ1) is 13.5. The standard InChI is InChI=1S/C20H38N2O6S/c1-5-6-12-21(4)29(26,27)14-17(23)18-16(13-15-10-8-7-9-11-15)22(19(24)25)20(2,3)28-18/h15-18,23H,5-14H2,1-4H3,(H,24,25)/t16-,17?,18+/m0/s1. The summed E-state index contributed by atoms with van der Waals surface area (Å²) in [7, 11) is -2.15. The van der Waals surface area contributed by atoms with Crippen LogP contribution in [0.3, 0.4) is 0 Å². The first-order valence-electron chi connectivity index (χ1n) is 10.8. The third-order valence-electron chi connectivity index (χ3n) is 6.28. The lowest BCUT2D eigenvalue weighted by Gasteiger charge is -2.34. The molecule has 1 aliphatic heterocycles. The highest BCUT2D eigenvalue weighted by atomic mass is 32.2. The summed E-state index contributed by atoms with van der Waals surface area (Å²) in [5, 5.41) is 20.6.